The number of ether oxygens (including phenoxy) is 1. The highest BCUT2D eigenvalue weighted by Gasteiger charge is 2.09. The Hall–Kier alpha value is -2.45. The van der Waals surface area contributed by atoms with Gasteiger partial charge in [0.2, 0.25) is 5.91 Å². The Balaban J connectivity index is 1.83. The molecular weight excluding hydrogens is 418 g/mol. The van der Waals surface area contributed by atoms with Gasteiger partial charge in [-0.15, -0.1) is 0 Å². The van der Waals surface area contributed by atoms with Gasteiger partial charge in [-0.05, 0) is 76.5 Å². The Kier molecular flexibility index (Phi) is 7.11. The highest BCUT2D eigenvalue weighted by Crippen LogP contribution is 2.26. The van der Waals surface area contributed by atoms with Gasteiger partial charge >= 0.3 is 0 Å². The lowest BCUT2D eigenvalue weighted by molar-refractivity contribution is -0.121. The molecule has 136 valence electrons. The van der Waals surface area contributed by atoms with Crippen LogP contribution in [0.1, 0.15) is 22.8 Å². The zero-order valence-electron chi connectivity index (χ0n) is 14.0. The van der Waals surface area contributed by atoms with E-state index in [4.69, 9.17) is 22.7 Å². The fourth-order valence-corrected chi connectivity index (χ4v) is 2.84. The van der Waals surface area contributed by atoms with E-state index >= 15 is 0 Å². The normalized spacial score (nSPS) is 10.1. The van der Waals surface area contributed by atoms with Gasteiger partial charge < -0.3 is 15.8 Å². The average molecular weight is 436 g/mol. The van der Waals surface area contributed by atoms with Crippen molar-refractivity contribution in [2.45, 2.75) is 13.3 Å². The molecule has 8 heteroatoms. The van der Waals surface area contributed by atoms with E-state index in [0.29, 0.717) is 17.0 Å². The Morgan fingerprint density at radius 2 is 1.88 bits per heavy atom. The quantitative estimate of drug-likeness (QED) is 0.606. The number of amides is 2. The predicted molar refractivity (Wildman–Crippen MR) is 108 cm³/mol. The van der Waals surface area contributed by atoms with Crippen molar-refractivity contribution in [1.29, 1.82) is 0 Å². The Morgan fingerprint density at radius 3 is 2.46 bits per heavy atom. The summed E-state index contributed by atoms with van der Waals surface area (Å²) in [4.78, 5) is 23.0. The van der Waals surface area contributed by atoms with Crippen LogP contribution in [-0.2, 0) is 11.2 Å². The van der Waals surface area contributed by atoms with Gasteiger partial charge in [0.05, 0.1) is 4.47 Å². The lowest BCUT2D eigenvalue weighted by atomic mass is 10.2. The summed E-state index contributed by atoms with van der Waals surface area (Å²) in [5.41, 5.74) is 7.36. The van der Waals surface area contributed by atoms with Crippen LogP contribution in [0.5, 0.6) is 5.75 Å². The molecule has 2 aromatic rings. The van der Waals surface area contributed by atoms with E-state index < -0.39 is 5.91 Å². The minimum Gasteiger partial charge on any atom is -0.483 e. The highest BCUT2D eigenvalue weighted by atomic mass is 79.9. The standard InChI is InChI=1S/C18H18BrN3O3S/c1-2-11-3-8-15(14(19)9-11)25-10-16(23)22-18(26)21-13-6-4-12(5-7-13)17(20)24/h3-9H,2,10H2,1H3,(H2,20,24)(H2,21,22,23,26). The van der Waals surface area contributed by atoms with Crippen LogP contribution in [0.15, 0.2) is 46.9 Å². The van der Waals surface area contributed by atoms with Gasteiger partial charge in [0.25, 0.3) is 5.91 Å². The second kappa shape index (κ2) is 9.30. The molecular formula is C18H18BrN3O3S. The summed E-state index contributed by atoms with van der Waals surface area (Å²) in [6.45, 7) is 1.89. The average Bonchev–Trinajstić information content (AvgIpc) is 2.60. The maximum Gasteiger partial charge on any atom is 0.264 e. The van der Waals surface area contributed by atoms with E-state index in [1.54, 1.807) is 24.3 Å². The van der Waals surface area contributed by atoms with E-state index in [1.807, 2.05) is 18.2 Å². The summed E-state index contributed by atoms with van der Waals surface area (Å²) in [7, 11) is 0. The van der Waals surface area contributed by atoms with Crippen molar-refractivity contribution in [1.82, 2.24) is 5.32 Å². The lowest BCUT2D eigenvalue weighted by Gasteiger charge is -2.11. The molecule has 0 spiro atoms. The van der Waals surface area contributed by atoms with Crippen molar-refractivity contribution >= 4 is 50.8 Å². The first-order chi connectivity index (χ1) is 12.4. The number of rotatable bonds is 6. The number of hydrogen-bond acceptors (Lipinski definition) is 4. The van der Waals surface area contributed by atoms with E-state index in [9.17, 15) is 9.59 Å². The third-order valence-corrected chi connectivity index (χ3v) is 4.27. The molecule has 2 amide bonds. The van der Waals surface area contributed by atoms with Crippen molar-refractivity contribution in [2.24, 2.45) is 5.73 Å². The summed E-state index contributed by atoms with van der Waals surface area (Å²) in [6, 6.07) is 12.1. The molecule has 0 fully saturated rings. The van der Waals surface area contributed by atoms with Gasteiger partial charge in [-0.1, -0.05) is 13.0 Å². The van der Waals surface area contributed by atoms with Crippen LogP contribution in [0, 0.1) is 0 Å². The van der Waals surface area contributed by atoms with Crippen molar-refractivity contribution in [3.05, 3.63) is 58.1 Å². The molecule has 4 N–H and O–H groups in total. The molecule has 2 aromatic carbocycles. The molecule has 0 aliphatic rings. The van der Waals surface area contributed by atoms with Crippen molar-refractivity contribution in [3.63, 3.8) is 0 Å². The van der Waals surface area contributed by atoms with Gasteiger partial charge in [-0.25, -0.2) is 0 Å². The number of carbonyl (C=O) groups excluding carboxylic acids is 2. The van der Waals surface area contributed by atoms with Crippen molar-refractivity contribution < 1.29 is 14.3 Å². The number of halogens is 1. The van der Waals surface area contributed by atoms with Crippen LogP contribution in [0.4, 0.5) is 5.69 Å². The lowest BCUT2D eigenvalue weighted by Crippen LogP contribution is -2.37. The molecule has 0 aliphatic heterocycles. The van der Waals surface area contributed by atoms with E-state index in [0.717, 1.165) is 10.9 Å². The molecule has 0 radical (unpaired) electrons. The molecule has 0 atom stereocenters. The molecule has 0 heterocycles. The zero-order chi connectivity index (χ0) is 19.1. The van der Waals surface area contributed by atoms with E-state index in [2.05, 4.69) is 33.5 Å². The molecule has 0 saturated carbocycles. The fourth-order valence-electron chi connectivity index (χ4n) is 2.07. The highest BCUT2D eigenvalue weighted by molar-refractivity contribution is 9.10. The number of nitrogens with two attached hydrogens (primary N) is 1. The van der Waals surface area contributed by atoms with Crippen LogP contribution >= 0.6 is 28.1 Å². The first-order valence-corrected chi connectivity index (χ1v) is 9.01. The molecule has 2 rings (SSSR count). The molecule has 0 aromatic heterocycles. The number of primary amides is 1. The predicted octanol–water partition coefficient (Wildman–Crippen LogP) is 3.00. The van der Waals surface area contributed by atoms with Gasteiger partial charge in [-0.3, -0.25) is 14.9 Å². The van der Waals surface area contributed by atoms with E-state index in [-0.39, 0.29) is 17.6 Å². The van der Waals surface area contributed by atoms with Gasteiger partial charge in [-0.2, -0.15) is 0 Å². The van der Waals surface area contributed by atoms with Crippen molar-refractivity contribution in [2.75, 3.05) is 11.9 Å². The zero-order valence-corrected chi connectivity index (χ0v) is 16.4. The largest absolute Gasteiger partial charge is 0.483 e. The maximum absolute atomic E-state index is 12.0. The van der Waals surface area contributed by atoms with Crippen LogP contribution in [0.3, 0.4) is 0 Å². The fraction of sp³-hybridized carbons (Fsp3) is 0.167. The number of anilines is 1. The second-order valence-corrected chi connectivity index (χ2v) is 6.61. The van der Waals surface area contributed by atoms with Gasteiger partial charge in [0, 0.05) is 11.3 Å². The summed E-state index contributed by atoms with van der Waals surface area (Å²) in [6.07, 6.45) is 0.916. The smallest absolute Gasteiger partial charge is 0.264 e. The molecule has 0 saturated heterocycles. The summed E-state index contributed by atoms with van der Waals surface area (Å²) in [5.74, 6) is -0.316. The second-order valence-electron chi connectivity index (χ2n) is 5.35. The number of benzene rings is 2. The van der Waals surface area contributed by atoms with Crippen LogP contribution < -0.4 is 21.1 Å². The number of aryl methyl sites for hydroxylation is 1. The first-order valence-electron chi connectivity index (χ1n) is 7.81. The number of thiocarbonyl (C=S) groups is 1. The molecule has 26 heavy (non-hydrogen) atoms. The Labute approximate surface area is 165 Å². The minimum absolute atomic E-state index is 0.130. The Morgan fingerprint density at radius 1 is 1.19 bits per heavy atom. The van der Waals surface area contributed by atoms with Crippen LogP contribution in [0.2, 0.25) is 0 Å². The van der Waals surface area contributed by atoms with Gasteiger partial charge in [0.15, 0.2) is 11.7 Å². The maximum atomic E-state index is 12.0. The van der Waals surface area contributed by atoms with Crippen LogP contribution in [-0.4, -0.2) is 23.5 Å². The SMILES string of the molecule is CCc1ccc(OCC(=O)NC(=S)Nc2ccc(C(N)=O)cc2)c(Br)c1. The third kappa shape index (κ3) is 5.82. The topological polar surface area (TPSA) is 93.4 Å². The third-order valence-electron chi connectivity index (χ3n) is 3.44. The summed E-state index contributed by atoms with van der Waals surface area (Å²) < 4.78 is 6.29. The number of hydrogen-bond donors (Lipinski definition) is 3. The molecule has 0 bridgehead atoms. The number of carbonyl (C=O) groups is 2. The van der Waals surface area contributed by atoms with Gasteiger partial charge in [0.1, 0.15) is 5.75 Å². The van der Waals surface area contributed by atoms with Crippen molar-refractivity contribution in [3.8, 4) is 5.75 Å². The van der Waals surface area contributed by atoms with E-state index in [1.165, 1.54) is 5.56 Å². The first kappa shape index (κ1) is 19.9. The molecule has 6 nitrogen and oxygen atoms in total. The molecule has 0 aliphatic carbocycles. The minimum atomic E-state index is -0.511. The molecule has 0 unspecified atom stereocenters. The van der Waals surface area contributed by atoms with Crippen LogP contribution in [0.25, 0.3) is 0 Å². The Bertz CT molecular complexity index is 825. The summed E-state index contributed by atoms with van der Waals surface area (Å²) in [5, 5.41) is 5.50. The number of nitrogens with one attached hydrogen (secondary N) is 2. The monoisotopic (exact) mass is 435 g/mol. The summed E-state index contributed by atoms with van der Waals surface area (Å²) >= 11 is 8.51.